The number of halogens is 2. The van der Waals surface area contributed by atoms with Gasteiger partial charge in [0.05, 0.1) is 28.3 Å². The first-order chi connectivity index (χ1) is 17.1. The SMILES string of the molecule is CC(=O)c1cnc2ccc(-c3cc(F)c(O)c(Cl)c3)cc2c1NC1CCC(NC(=O)CN(C)C)CC1. The van der Waals surface area contributed by atoms with Crippen molar-refractivity contribution in [3.63, 3.8) is 0 Å². The van der Waals surface area contributed by atoms with Gasteiger partial charge in [-0.05, 0) is 82.1 Å². The molecular weight excluding hydrogens is 483 g/mol. The second-order valence-electron chi connectivity index (χ2n) is 9.62. The summed E-state index contributed by atoms with van der Waals surface area (Å²) in [5.74, 6) is -1.48. The van der Waals surface area contributed by atoms with Crippen LogP contribution in [-0.4, -0.2) is 59.4 Å². The van der Waals surface area contributed by atoms with Crippen LogP contribution in [-0.2, 0) is 4.79 Å². The average molecular weight is 513 g/mol. The molecule has 0 unspecified atom stereocenters. The summed E-state index contributed by atoms with van der Waals surface area (Å²) in [6.07, 6.45) is 4.94. The van der Waals surface area contributed by atoms with Crippen LogP contribution in [0, 0.1) is 5.82 Å². The zero-order chi connectivity index (χ0) is 26.0. The van der Waals surface area contributed by atoms with Crippen LogP contribution in [0.15, 0.2) is 36.5 Å². The van der Waals surface area contributed by atoms with E-state index in [-0.39, 0.29) is 28.8 Å². The molecule has 0 radical (unpaired) electrons. The van der Waals surface area contributed by atoms with Crippen LogP contribution in [0.25, 0.3) is 22.0 Å². The summed E-state index contributed by atoms with van der Waals surface area (Å²) in [4.78, 5) is 30.9. The predicted molar refractivity (Wildman–Crippen MR) is 140 cm³/mol. The Bertz CT molecular complexity index is 1280. The number of aromatic hydroxyl groups is 1. The normalized spacial score (nSPS) is 17.8. The molecule has 3 N–H and O–H groups in total. The van der Waals surface area contributed by atoms with E-state index < -0.39 is 11.6 Å². The van der Waals surface area contributed by atoms with Gasteiger partial charge in [-0.15, -0.1) is 0 Å². The van der Waals surface area contributed by atoms with E-state index in [1.165, 1.54) is 19.1 Å². The summed E-state index contributed by atoms with van der Waals surface area (Å²) >= 11 is 5.99. The van der Waals surface area contributed by atoms with Crippen molar-refractivity contribution in [1.29, 1.82) is 0 Å². The van der Waals surface area contributed by atoms with Crippen molar-refractivity contribution in [2.75, 3.05) is 26.0 Å². The Balaban J connectivity index is 1.61. The first-order valence-corrected chi connectivity index (χ1v) is 12.3. The molecule has 2 aromatic carbocycles. The standard InChI is InChI=1S/C27H30ClFN4O3/c1-15(34)21-13-30-24-9-4-16(17-11-22(28)27(36)23(29)12-17)10-20(24)26(21)32-19-7-5-18(6-8-19)31-25(35)14-33(2)3/h4,9-13,18-19,36H,5-8,14H2,1-3H3,(H,30,32)(H,31,35). The van der Waals surface area contributed by atoms with E-state index in [1.54, 1.807) is 12.3 Å². The number of ketones is 1. The zero-order valence-electron chi connectivity index (χ0n) is 20.6. The fraction of sp³-hybridized carbons (Fsp3) is 0.370. The molecule has 0 saturated heterocycles. The number of carbonyl (C=O) groups excluding carboxylic acids is 2. The fourth-order valence-corrected chi connectivity index (χ4v) is 4.88. The minimum Gasteiger partial charge on any atom is -0.504 e. The first-order valence-electron chi connectivity index (χ1n) is 11.9. The van der Waals surface area contributed by atoms with Crippen molar-refractivity contribution in [2.24, 2.45) is 0 Å². The van der Waals surface area contributed by atoms with E-state index in [9.17, 15) is 19.1 Å². The van der Waals surface area contributed by atoms with E-state index >= 15 is 0 Å². The molecule has 3 aromatic rings. The van der Waals surface area contributed by atoms with E-state index in [1.807, 2.05) is 31.1 Å². The molecule has 9 heteroatoms. The predicted octanol–water partition coefficient (Wildman–Crippen LogP) is 5.00. The number of phenols is 1. The Kier molecular flexibility index (Phi) is 7.76. The van der Waals surface area contributed by atoms with Crippen molar-refractivity contribution in [2.45, 2.75) is 44.7 Å². The number of rotatable bonds is 7. The van der Waals surface area contributed by atoms with Crippen molar-refractivity contribution in [1.82, 2.24) is 15.2 Å². The summed E-state index contributed by atoms with van der Waals surface area (Å²) < 4.78 is 14.1. The number of amides is 1. The van der Waals surface area contributed by atoms with Gasteiger partial charge in [0.15, 0.2) is 17.3 Å². The number of aromatic nitrogens is 1. The van der Waals surface area contributed by atoms with Gasteiger partial charge in [0.1, 0.15) is 0 Å². The second kappa shape index (κ2) is 10.8. The molecule has 1 aliphatic rings. The highest BCUT2D eigenvalue weighted by atomic mass is 35.5. The van der Waals surface area contributed by atoms with Crippen LogP contribution in [0.2, 0.25) is 5.02 Å². The van der Waals surface area contributed by atoms with E-state index in [4.69, 9.17) is 11.6 Å². The van der Waals surface area contributed by atoms with Gasteiger partial charge in [0.2, 0.25) is 5.91 Å². The molecule has 0 atom stereocenters. The smallest absolute Gasteiger partial charge is 0.234 e. The lowest BCUT2D eigenvalue weighted by Crippen LogP contribution is -2.43. The number of hydrogen-bond donors (Lipinski definition) is 3. The first kappa shape index (κ1) is 25.9. The summed E-state index contributed by atoms with van der Waals surface area (Å²) in [5, 5.41) is 17.0. The van der Waals surface area contributed by atoms with Gasteiger partial charge in [-0.25, -0.2) is 4.39 Å². The molecule has 1 aromatic heterocycles. The molecule has 0 bridgehead atoms. The van der Waals surface area contributed by atoms with Crippen LogP contribution >= 0.6 is 11.6 Å². The second-order valence-corrected chi connectivity index (χ2v) is 10.0. The zero-order valence-corrected chi connectivity index (χ0v) is 21.3. The number of carbonyl (C=O) groups is 2. The quantitative estimate of drug-likeness (QED) is 0.385. The third kappa shape index (κ3) is 5.77. The largest absolute Gasteiger partial charge is 0.504 e. The van der Waals surface area contributed by atoms with Gasteiger partial charge in [0.25, 0.3) is 0 Å². The van der Waals surface area contributed by atoms with Crippen LogP contribution < -0.4 is 10.6 Å². The van der Waals surface area contributed by atoms with Crippen molar-refractivity contribution < 1.29 is 19.1 Å². The van der Waals surface area contributed by atoms with Gasteiger partial charge in [-0.1, -0.05) is 17.7 Å². The van der Waals surface area contributed by atoms with Crippen molar-refractivity contribution in [3.8, 4) is 16.9 Å². The minimum atomic E-state index is -0.805. The Morgan fingerprint density at radius 2 is 1.81 bits per heavy atom. The maximum Gasteiger partial charge on any atom is 0.234 e. The highest BCUT2D eigenvalue weighted by Gasteiger charge is 2.24. The van der Waals surface area contributed by atoms with E-state index in [2.05, 4.69) is 15.6 Å². The highest BCUT2D eigenvalue weighted by molar-refractivity contribution is 6.32. The molecule has 4 rings (SSSR count). The molecule has 1 amide bonds. The number of hydrogen-bond acceptors (Lipinski definition) is 6. The molecule has 0 spiro atoms. The Hall–Kier alpha value is -3.23. The topological polar surface area (TPSA) is 94.6 Å². The Morgan fingerprint density at radius 3 is 2.44 bits per heavy atom. The average Bonchev–Trinajstić information content (AvgIpc) is 2.82. The Labute approximate surface area is 214 Å². The lowest BCUT2D eigenvalue weighted by molar-refractivity contribution is -0.122. The maximum atomic E-state index is 14.1. The molecule has 1 saturated carbocycles. The monoisotopic (exact) mass is 512 g/mol. The number of benzene rings is 2. The third-order valence-corrected chi connectivity index (χ3v) is 6.79. The summed E-state index contributed by atoms with van der Waals surface area (Å²) in [6, 6.07) is 8.46. The molecule has 1 aliphatic carbocycles. The number of pyridine rings is 1. The lowest BCUT2D eigenvalue weighted by Gasteiger charge is -2.31. The fourth-order valence-electron chi connectivity index (χ4n) is 4.67. The minimum absolute atomic E-state index is 0.0219. The molecule has 190 valence electrons. The van der Waals surface area contributed by atoms with Crippen LogP contribution in [0.4, 0.5) is 10.1 Å². The molecule has 1 fully saturated rings. The number of nitrogens with zero attached hydrogens (tertiary/aromatic N) is 2. The number of nitrogens with one attached hydrogen (secondary N) is 2. The number of phenolic OH excluding ortho intramolecular Hbond substituents is 1. The summed E-state index contributed by atoms with van der Waals surface area (Å²) in [6.45, 7) is 1.87. The number of fused-ring (bicyclic) bond motifs is 1. The number of likely N-dealkylation sites (N-methyl/N-ethyl adjacent to an activating group) is 1. The van der Waals surface area contributed by atoms with Crippen molar-refractivity contribution in [3.05, 3.63) is 52.9 Å². The van der Waals surface area contributed by atoms with Gasteiger partial charge in [-0.2, -0.15) is 0 Å². The Morgan fingerprint density at radius 1 is 1.11 bits per heavy atom. The summed E-state index contributed by atoms with van der Waals surface area (Å²) in [7, 11) is 3.73. The van der Waals surface area contributed by atoms with Crippen LogP contribution in [0.5, 0.6) is 5.75 Å². The van der Waals surface area contributed by atoms with Gasteiger partial charge < -0.3 is 20.6 Å². The van der Waals surface area contributed by atoms with Crippen LogP contribution in [0.1, 0.15) is 43.0 Å². The van der Waals surface area contributed by atoms with Gasteiger partial charge in [-0.3, -0.25) is 14.6 Å². The molecule has 0 aliphatic heterocycles. The third-order valence-electron chi connectivity index (χ3n) is 6.50. The lowest BCUT2D eigenvalue weighted by atomic mass is 9.90. The van der Waals surface area contributed by atoms with E-state index in [0.29, 0.717) is 34.4 Å². The molecule has 36 heavy (non-hydrogen) atoms. The highest BCUT2D eigenvalue weighted by Crippen LogP contribution is 2.36. The number of anilines is 1. The molecule has 7 nitrogen and oxygen atoms in total. The van der Waals surface area contributed by atoms with Gasteiger partial charge in [0, 0.05) is 23.7 Å². The van der Waals surface area contributed by atoms with E-state index in [0.717, 1.165) is 31.1 Å². The van der Waals surface area contributed by atoms with Gasteiger partial charge >= 0.3 is 0 Å². The maximum absolute atomic E-state index is 14.1. The summed E-state index contributed by atoms with van der Waals surface area (Å²) in [5.41, 5.74) is 3.06. The van der Waals surface area contributed by atoms with Crippen molar-refractivity contribution >= 4 is 39.9 Å². The molecule has 1 heterocycles. The van der Waals surface area contributed by atoms with Crippen LogP contribution in [0.3, 0.4) is 0 Å². The number of Topliss-reactive ketones (excluding diaryl/α,β-unsaturated/α-hetero) is 1. The molecular formula is C27H30ClFN4O3.